The Bertz CT molecular complexity index is 909. The van der Waals surface area contributed by atoms with E-state index in [9.17, 15) is 14.4 Å². The molecule has 2 N–H and O–H groups in total. The van der Waals surface area contributed by atoms with E-state index in [0.717, 1.165) is 0 Å². The molecule has 0 aliphatic carbocycles. The van der Waals surface area contributed by atoms with Crippen molar-refractivity contribution in [2.75, 3.05) is 22.1 Å². The van der Waals surface area contributed by atoms with Gasteiger partial charge in [0.1, 0.15) is 6.54 Å². The predicted molar refractivity (Wildman–Crippen MR) is 91.9 cm³/mol. The van der Waals surface area contributed by atoms with Crippen molar-refractivity contribution in [1.29, 1.82) is 0 Å². The smallest absolute Gasteiger partial charge is 0.265 e. The SMILES string of the molecule is C[C@@H]1Oc2c(cccc2C(=O)N2CC(=O)Nc3ccccc32)NC1=O. The molecule has 0 radical (unpaired) electrons. The van der Waals surface area contributed by atoms with Crippen molar-refractivity contribution in [3.05, 3.63) is 48.0 Å². The zero-order chi connectivity index (χ0) is 17.6. The minimum absolute atomic E-state index is 0.0819. The molecule has 2 aromatic rings. The second kappa shape index (κ2) is 5.62. The highest BCUT2D eigenvalue weighted by molar-refractivity contribution is 6.17. The van der Waals surface area contributed by atoms with Crippen molar-refractivity contribution in [3.63, 3.8) is 0 Å². The van der Waals surface area contributed by atoms with Gasteiger partial charge in [-0.15, -0.1) is 0 Å². The Morgan fingerprint density at radius 1 is 1.08 bits per heavy atom. The largest absolute Gasteiger partial charge is 0.478 e. The van der Waals surface area contributed by atoms with E-state index in [0.29, 0.717) is 28.4 Å². The van der Waals surface area contributed by atoms with Crippen LogP contribution in [0.3, 0.4) is 0 Å². The second-order valence-corrected chi connectivity index (χ2v) is 5.89. The zero-order valence-electron chi connectivity index (χ0n) is 13.4. The Kier molecular flexibility index (Phi) is 3.42. The van der Waals surface area contributed by atoms with E-state index < -0.39 is 6.10 Å². The van der Waals surface area contributed by atoms with Crippen LogP contribution in [0, 0.1) is 0 Å². The van der Waals surface area contributed by atoms with Gasteiger partial charge in [0.2, 0.25) is 5.91 Å². The highest BCUT2D eigenvalue weighted by Gasteiger charge is 2.32. The number of ether oxygens (including phenoxy) is 1. The summed E-state index contributed by atoms with van der Waals surface area (Å²) in [5.74, 6) is -0.565. The van der Waals surface area contributed by atoms with Gasteiger partial charge >= 0.3 is 0 Å². The average molecular weight is 337 g/mol. The van der Waals surface area contributed by atoms with Crippen LogP contribution in [0.15, 0.2) is 42.5 Å². The predicted octanol–water partition coefficient (Wildman–Crippen LogP) is 2.00. The van der Waals surface area contributed by atoms with Crippen LogP contribution in [0.4, 0.5) is 17.1 Å². The van der Waals surface area contributed by atoms with Crippen LogP contribution in [-0.2, 0) is 9.59 Å². The first-order chi connectivity index (χ1) is 12.0. The van der Waals surface area contributed by atoms with Crippen LogP contribution >= 0.6 is 0 Å². The second-order valence-electron chi connectivity index (χ2n) is 5.89. The summed E-state index contributed by atoms with van der Waals surface area (Å²) < 4.78 is 5.64. The van der Waals surface area contributed by atoms with E-state index in [1.807, 2.05) is 0 Å². The summed E-state index contributed by atoms with van der Waals surface area (Å²) in [6, 6.07) is 12.1. The van der Waals surface area contributed by atoms with Crippen LogP contribution in [0.2, 0.25) is 0 Å². The Labute approximate surface area is 143 Å². The standard InChI is InChI=1S/C18H15N3O4/c1-10-17(23)20-13-7-4-5-11(16(13)25-10)18(24)21-9-15(22)19-12-6-2-3-8-14(12)21/h2-8,10H,9H2,1H3,(H,19,22)(H,20,23)/t10-/m0/s1. The molecule has 2 aliphatic rings. The lowest BCUT2D eigenvalue weighted by Gasteiger charge is -2.31. The van der Waals surface area contributed by atoms with Crippen molar-refractivity contribution in [2.45, 2.75) is 13.0 Å². The molecule has 0 bridgehead atoms. The number of carbonyl (C=O) groups is 3. The molecule has 2 aliphatic heterocycles. The average Bonchev–Trinajstić information content (AvgIpc) is 2.61. The Morgan fingerprint density at radius 3 is 2.68 bits per heavy atom. The Hall–Kier alpha value is -3.35. The summed E-state index contributed by atoms with van der Waals surface area (Å²) in [4.78, 5) is 38.3. The number of hydrogen-bond acceptors (Lipinski definition) is 4. The lowest BCUT2D eigenvalue weighted by atomic mass is 10.1. The van der Waals surface area contributed by atoms with Gasteiger partial charge in [0, 0.05) is 0 Å². The summed E-state index contributed by atoms with van der Waals surface area (Å²) >= 11 is 0. The Morgan fingerprint density at radius 2 is 1.84 bits per heavy atom. The quantitative estimate of drug-likeness (QED) is 0.833. The normalized spacial score (nSPS) is 18.4. The van der Waals surface area contributed by atoms with Crippen molar-refractivity contribution in [1.82, 2.24) is 0 Å². The molecule has 3 amide bonds. The molecule has 25 heavy (non-hydrogen) atoms. The number of carbonyl (C=O) groups excluding carboxylic acids is 3. The topological polar surface area (TPSA) is 87.7 Å². The van der Waals surface area contributed by atoms with Gasteiger partial charge in [-0.3, -0.25) is 19.3 Å². The summed E-state index contributed by atoms with van der Waals surface area (Å²) in [6.45, 7) is 1.53. The maximum Gasteiger partial charge on any atom is 0.265 e. The number of nitrogens with one attached hydrogen (secondary N) is 2. The van der Waals surface area contributed by atoms with E-state index >= 15 is 0 Å². The van der Waals surface area contributed by atoms with Crippen LogP contribution in [0.5, 0.6) is 5.75 Å². The van der Waals surface area contributed by atoms with Crippen LogP contribution in [0.1, 0.15) is 17.3 Å². The summed E-state index contributed by atoms with van der Waals surface area (Å²) in [6.07, 6.45) is -0.696. The molecule has 2 aromatic carbocycles. The summed E-state index contributed by atoms with van der Waals surface area (Å²) in [5, 5.41) is 5.47. The van der Waals surface area contributed by atoms with Crippen molar-refractivity contribution in [2.24, 2.45) is 0 Å². The maximum absolute atomic E-state index is 13.1. The first kappa shape index (κ1) is 15.2. The van der Waals surface area contributed by atoms with E-state index in [-0.39, 0.29) is 24.3 Å². The molecule has 0 spiro atoms. The van der Waals surface area contributed by atoms with Gasteiger partial charge in [-0.2, -0.15) is 0 Å². The number of para-hydroxylation sites is 3. The molecule has 4 rings (SSSR count). The summed E-state index contributed by atoms with van der Waals surface area (Å²) in [7, 11) is 0. The molecule has 0 fully saturated rings. The molecular formula is C18H15N3O4. The number of rotatable bonds is 1. The van der Waals surface area contributed by atoms with E-state index in [4.69, 9.17) is 4.74 Å². The van der Waals surface area contributed by atoms with Gasteiger partial charge in [-0.25, -0.2) is 0 Å². The third-order valence-electron chi connectivity index (χ3n) is 4.18. The molecule has 7 nitrogen and oxygen atoms in total. The van der Waals surface area contributed by atoms with Crippen LogP contribution in [0.25, 0.3) is 0 Å². The van der Waals surface area contributed by atoms with E-state index in [1.165, 1.54) is 4.90 Å². The molecule has 0 saturated carbocycles. The van der Waals surface area contributed by atoms with Crippen molar-refractivity contribution >= 4 is 34.8 Å². The van der Waals surface area contributed by atoms with E-state index in [2.05, 4.69) is 10.6 Å². The number of nitrogens with zero attached hydrogens (tertiary/aromatic N) is 1. The third-order valence-corrected chi connectivity index (χ3v) is 4.18. The zero-order valence-corrected chi connectivity index (χ0v) is 13.4. The van der Waals surface area contributed by atoms with Crippen LogP contribution < -0.4 is 20.3 Å². The van der Waals surface area contributed by atoms with Gasteiger partial charge < -0.3 is 15.4 Å². The molecule has 126 valence electrons. The van der Waals surface area contributed by atoms with Crippen molar-refractivity contribution < 1.29 is 19.1 Å². The number of benzene rings is 2. The fourth-order valence-corrected chi connectivity index (χ4v) is 2.96. The van der Waals surface area contributed by atoms with E-state index in [1.54, 1.807) is 49.4 Å². The molecule has 0 saturated heterocycles. The first-order valence-corrected chi connectivity index (χ1v) is 7.86. The molecule has 1 atom stereocenters. The highest BCUT2D eigenvalue weighted by Crippen LogP contribution is 2.36. The van der Waals surface area contributed by atoms with Gasteiger partial charge in [0.05, 0.1) is 22.6 Å². The lowest BCUT2D eigenvalue weighted by Crippen LogP contribution is -2.43. The number of fused-ring (bicyclic) bond motifs is 2. The van der Waals surface area contributed by atoms with Gasteiger partial charge in [-0.05, 0) is 31.2 Å². The number of amides is 3. The fourth-order valence-electron chi connectivity index (χ4n) is 2.96. The Balaban J connectivity index is 1.77. The number of hydrogen-bond donors (Lipinski definition) is 2. The highest BCUT2D eigenvalue weighted by atomic mass is 16.5. The molecule has 0 aromatic heterocycles. The molecular weight excluding hydrogens is 322 g/mol. The van der Waals surface area contributed by atoms with Crippen LogP contribution in [-0.4, -0.2) is 30.4 Å². The minimum atomic E-state index is -0.696. The molecule has 0 unspecified atom stereocenters. The van der Waals surface area contributed by atoms with Crippen molar-refractivity contribution in [3.8, 4) is 5.75 Å². The molecule has 2 heterocycles. The maximum atomic E-state index is 13.1. The summed E-state index contributed by atoms with van der Waals surface area (Å²) in [5.41, 5.74) is 1.95. The third kappa shape index (κ3) is 2.50. The monoisotopic (exact) mass is 337 g/mol. The molecule has 7 heteroatoms. The fraction of sp³-hybridized carbons (Fsp3) is 0.167. The lowest BCUT2D eigenvalue weighted by molar-refractivity contribution is -0.122. The van der Waals surface area contributed by atoms with Gasteiger partial charge in [0.15, 0.2) is 11.9 Å². The van der Waals surface area contributed by atoms with Gasteiger partial charge in [-0.1, -0.05) is 18.2 Å². The number of anilines is 3. The minimum Gasteiger partial charge on any atom is -0.478 e. The van der Waals surface area contributed by atoms with Gasteiger partial charge in [0.25, 0.3) is 11.8 Å². The first-order valence-electron chi connectivity index (χ1n) is 7.86.